The quantitative estimate of drug-likeness (QED) is 0.733. The normalized spacial score (nSPS) is 12.6. The van der Waals surface area contributed by atoms with Gasteiger partial charge in [-0.3, -0.25) is 4.79 Å². The van der Waals surface area contributed by atoms with Crippen molar-refractivity contribution in [3.05, 3.63) is 63.3 Å². The zero-order valence-electron chi connectivity index (χ0n) is 13.1. The third-order valence-electron chi connectivity index (χ3n) is 3.85. The Hall–Kier alpha value is -2.53. The van der Waals surface area contributed by atoms with E-state index in [-0.39, 0.29) is 22.3 Å². The van der Waals surface area contributed by atoms with Crippen LogP contribution in [-0.2, 0) is 0 Å². The van der Waals surface area contributed by atoms with Crippen LogP contribution in [0.4, 0.5) is 4.39 Å². The Morgan fingerprint density at radius 1 is 1.30 bits per heavy atom. The zero-order chi connectivity index (χ0) is 16.7. The van der Waals surface area contributed by atoms with Gasteiger partial charge in [0.2, 0.25) is 5.95 Å². The van der Waals surface area contributed by atoms with Crippen LogP contribution in [0, 0.1) is 19.8 Å². The van der Waals surface area contributed by atoms with Gasteiger partial charge >= 0.3 is 0 Å². The Balaban J connectivity index is 2.45. The van der Waals surface area contributed by atoms with Gasteiger partial charge in [-0.05, 0) is 50.6 Å². The van der Waals surface area contributed by atoms with Gasteiger partial charge in [-0.15, -0.1) is 0 Å². The number of aromatic nitrogens is 1. The molecule has 4 nitrogen and oxygen atoms in total. The van der Waals surface area contributed by atoms with E-state index in [2.05, 4.69) is 4.98 Å². The minimum Gasteiger partial charge on any atom is -0.455 e. The highest BCUT2D eigenvalue weighted by atomic mass is 19.1. The summed E-state index contributed by atoms with van der Waals surface area (Å²) >= 11 is 0. The van der Waals surface area contributed by atoms with Crippen LogP contribution in [0.2, 0.25) is 0 Å². The summed E-state index contributed by atoms with van der Waals surface area (Å²) in [5.41, 5.74) is 1.82. The second kappa shape index (κ2) is 5.59. The largest absolute Gasteiger partial charge is 0.455 e. The maximum atomic E-state index is 14.0. The molecule has 0 unspecified atom stereocenters. The molecule has 0 radical (unpaired) electrons. The highest BCUT2D eigenvalue weighted by Gasteiger charge is 2.19. The molecule has 0 saturated carbocycles. The second-order valence-corrected chi connectivity index (χ2v) is 5.63. The molecule has 118 valence electrons. The molecular weight excluding hydrogens is 297 g/mol. The number of pyridine rings is 1. The van der Waals surface area contributed by atoms with Gasteiger partial charge in [-0.25, -0.2) is 4.98 Å². The Bertz CT molecular complexity index is 960. The molecule has 0 amide bonds. The van der Waals surface area contributed by atoms with Crippen molar-refractivity contribution in [1.29, 1.82) is 0 Å². The summed E-state index contributed by atoms with van der Waals surface area (Å²) in [6, 6.07) is 6.56. The van der Waals surface area contributed by atoms with Gasteiger partial charge in [0.05, 0.1) is 17.1 Å². The standard InChI is InChI=1S/C18H16FNO3/c1-9-7-13(11(3)21)17-14(8-9)15(22)10(2)16(23-17)12-5-4-6-20-18(12)19/h4-8,11,21H,1-3H3/t11-/m0/s1. The third kappa shape index (κ3) is 2.53. The van der Waals surface area contributed by atoms with Crippen LogP contribution in [0.15, 0.2) is 39.7 Å². The summed E-state index contributed by atoms with van der Waals surface area (Å²) < 4.78 is 19.8. The Kier molecular flexibility index (Phi) is 3.74. The van der Waals surface area contributed by atoms with E-state index in [4.69, 9.17) is 4.42 Å². The summed E-state index contributed by atoms with van der Waals surface area (Å²) in [5.74, 6) is -0.567. The van der Waals surface area contributed by atoms with E-state index in [0.717, 1.165) is 5.56 Å². The summed E-state index contributed by atoms with van der Waals surface area (Å²) in [4.78, 5) is 16.3. The van der Waals surface area contributed by atoms with Crippen molar-refractivity contribution in [3.8, 4) is 11.3 Å². The molecule has 0 aliphatic rings. The van der Waals surface area contributed by atoms with Crippen LogP contribution in [0.3, 0.4) is 0 Å². The van der Waals surface area contributed by atoms with Crippen molar-refractivity contribution in [1.82, 2.24) is 4.98 Å². The number of aryl methyl sites for hydroxylation is 1. The molecule has 23 heavy (non-hydrogen) atoms. The summed E-state index contributed by atoms with van der Waals surface area (Å²) in [5, 5.41) is 10.4. The first-order chi connectivity index (χ1) is 10.9. The van der Waals surface area contributed by atoms with E-state index >= 15 is 0 Å². The van der Waals surface area contributed by atoms with E-state index in [9.17, 15) is 14.3 Å². The minimum absolute atomic E-state index is 0.126. The molecule has 2 heterocycles. The molecule has 0 bridgehead atoms. The molecule has 5 heteroatoms. The van der Waals surface area contributed by atoms with E-state index in [1.807, 2.05) is 6.92 Å². The first kappa shape index (κ1) is 15.4. The Labute approximate surface area is 132 Å². The highest BCUT2D eigenvalue weighted by Crippen LogP contribution is 2.31. The van der Waals surface area contributed by atoms with Gasteiger partial charge in [0.1, 0.15) is 11.3 Å². The molecule has 3 aromatic rings. The summed E-state index contributed by atoms with van der Waals surface area (Å²) in [6.07, 6.45) is 0.521. The smallest absolute Gasteiger partial charge is 0.223 e. The van der Waals surface area contributed by atoms with Crippen LogP contribution in [0.1, 0.15) is 29.7 Å². The number of aliphatic hydroxyl groups is 1. The monoisotopic (exact) mass is 313 g/mol. The summed E-state index contributed by atoms with van der Waals surface area (Å²) in [6.45, 7) is 5.03. The first-order valence-electron chi connectivity index (χ1n) is 7.27. The average molecular weight is 313 g/mol. The minimum atomic E-state index is -0.810. The van der Waals surface area contributed by atoms with Crippen molar-refractivity contribution in [2.24, 2.45) is 0 Å². The van der Waals surface area contributed by atoms with Crippen molar-refractivity contribution >= 4 is 11.0 Å². The molecule has 2 aromatic heterocycles. The Morgan fingerprint density at radius 2 is 2.04 bits per heavy atom. The molecule has 1 N–H and O–H groups in total. The van der Waals surface area contributed by atoms with Crippen molar-refractivity contribution in [2.45, 2.75) is 26.9 Å². The molecule has 1 atom stereocenters. The van der Waals surface area contributed by atoms with Gasteiger partial charge < -0.3 is 9.52 Å². The molecule has 1 aromatic carbocycles. The number of halogens is 1. The predicted molar refractivity (Wildman–Crippen MR) is 85.8 cm³/mol. The summed E-state index contributed by atoms with van der Waals surface area (Å²) in [7, 11) is 0. The second-order valence-electron chi connectivity index (χ2n) is 5.63. The molecule has 0 saturated heterocycles. The van der Waals surface area contributed by atoms with Gasteiger partial charge in [0.15, 0.2) is 5.43 Å². The van der Waals surface area contributed by atoms with Crippen LogP contribution in [0.25, 0.3) is 22.3 Å². The predicted octanol–water partition coefficient (Wildman–Crippen LogP) is 3.66. The number of benzene rings is 1. The lowest BCUT2D eigenvalue weighted by Gasteiger charge is -2.13. The molecule has 0 aliphatic heterocycles. The lowest BCUT2D eigenvalue weighted by atomic mass is 10.0. The highest BCUT2D eigenvalue weighted by molar-refractivity contribution is 5.84. The maximum Gasteiger partial charge on any atom is 0.223 e. The average Bonchev–Trinajstić information content (AvgIpc) is 2.51. The lowest BCUT2D eigenvalue weighted by molar-refractivity contribution is 0.199. The molecule has 3 rings (SSSR count). The first-order valence-corrected chi connectivity index (χ1v) is 7.27. The maximum absolute atomic E-state index is 14.0. The molecule has 0 spiro atoms. The van der Waals surface area contributed by atoms with Gasteiger partial charge in [0.25, 0.3) is 0 Å². The van der Waals surface area contributed by atoms with Crippen molar-refractivity contribution in [2.75, 3.05) is 0 Å². The SMILES string of the molecule is Cc1cc([C@H](C)O)c2oc(-c3cccnc3F)c(C)c(=O)c2c1. The number of rotatable bonds is 2. The van der Waals surface area contributed by atoms with E-state index in [1.165, 1.54) is 12.3 Å². The number of aliphatic hydroxyl groups excluding tert-OH is 1. The molecule has 0 fully saturated rings. The lowest BCUT2D eigenvalue weighted by Crippen LogP contribution is -2.10. The fourth-order valence-corrected chi connectivity index (χ4v) is 2.69. The third-order valence-corrected chi connectivity index (χ3v) is 3.85. The number of fused-ring (bicyclic) bond motifs is 1. The van der Waals surface area contributed by atoms with Crippen molar-refractivity contribution in [3.63, 3.8) is 0 Å². The van der Waals surface area contributed by atoms with Crippen molar-refractivity contribution < 1.29 is 13.9 Å². The topological polar surface area (TPSA) is 63.3 Å². The van der Waals surface area contributed by atoms with Crippen LogP contribution in [-0.4, -0.2) is 10.1 Å². The van der Waals surface area contributed by atoms with Crippen LogP contribution >= 0.6 is 0 Å². The van der Waals surface area contributed by atoms with Gasteiger partial charge in [-0.2, -0.15) is 4.39 Å². The molecular formula is C18H16FNO3. The molecule has 0 aliphatic carbocycles. The number of nitrogens with zero attached hydrogens (tertiary/aromatic N) is 1. The fourth-order valence-electron chi connectivity index (χ4n) is 2.69. The Morgan fingerprint density at radius 3 is 2.70 bits per heavy atom. The van der Waals surface area contributed by atoms with E-state index in [0.29, 0.717) is 16.5 Å². The van der Waals surface area contributed by atoms with E-state index in [1.54, 1.807) is 32.0 Å². The van der Waals surface area contributed by atoms with Gasteiger partial charge in [-0.1, -0.05) is 0 Å². The number of hydrogen-bond acceptors (Lipinski definition) is 4. The van der Waals surface area contributed by atoms with E-state index < -0.39 is 12.1 Å². The zero-order valence-corrected chi connectivity index (χ0v) is 13.1. The number of hydrogen-bond donors (Lipinski definition) is 1. The fraction of sp³-hybridized carbons (Fsp3) is 0.222. The van der Waals surface area contributed by atoms with Crippen LogP contribution in [0.5, 0.6) is 0 Å². The van der Waals surface area contributed by atoms with Crippen LogP contribution < -0.4 is 5.43 Å². The van der Waals surface area contributed by atoms with Gasteiger partial charge in [0, 0.05) is 17.3 Å².